The van der Waals surface area contributed by atoms with Gasteiger partial charge in [-0.1, -0.05) is 6.42 Å². The smallest absolute Gasteiger partial charge is 0.00967 e. The van der Waals surface area contributed by atoms with Gasteiger partial charge in [-0.05, 0) is 55.6 Å². The molecule has 0 spiro atoms. The van der Waals surface area contributed by atoms with Crippen molar-refractivity contribution in [3.8, 4) is 0 Å². The first kappa shape index (κ1) is 10.5. The zero-order valence-electron chi connectivity index (χ0n) is 9.62. The second-order valence-electron chi connectivity index (χ2n) is 6.12. The van der Waals surface area contributed by atoms with Gasteiger partial charge in [0.05, 0.1) is 0 Å². The van der Waals surface area contributed by atoms with Crippen molar-refractivity contribution in [2.45, 2.75) is 51.0 Å². The molecule has 0 unspecified atom stereocenters. The lowest BCUT2D eigenvalue weighted by molar-refractivity contribution is 0.0827. The average molecular weight is 225 g/mol. The minimum absolute atomic E-state index is 0.612. The molecule has 2 heteroatoms. The van der Waals surface area contributed by atoms with Crippen LogP contribution in [0.25, 0.3) is 0 Å². The van der Waals surface area contributed by atoms with E-state index in [-0.39, 0.29) is 0 Å². The molecule has 0 heterocycles. The summed E-state index contributed by atoms with van der Waals surface area (Å²) in [6, 6.07) is 0.961. The first-order valence-corrected chi connectivity index (χ1v) is 7.29. The Bertz CT molecular complexity index is 223. The number of nitrogens with zero attached hydrogens (tertiary/aromatic N) is 1. The van der Waals surface area contributed by atoms with E-state index in [0.717, 1.165) is 17.7 Å². The fourth-order valence-corrected chi connectivity index (χ4v) is 3.30. The van der Waals surface area contributed by atoms with Crippen LogP contribution in [-0.4, -0.2) is 29.8 Å². The maximum Gasteiger partial charge on any atom is 0.00967 e. The SMILES string of the molecule is SCC1(CN(CC2CC2)C2CC2)CCC1. The van der Waals surface area contributed by atoms with E-state index >= 15 is 0 Å². The van der Waals surface area contributed by atoms with Crippen molar-refractivity contribution in [3.63, 3.8) is 0 Å². The van der Waals surface area contributed by atoms with Gasteiger partial charge in [0.25, 0.3) is 0 Å². The lowest BCUT2D eigenvalue weighted by Gasteiger charge is -2.44. The minimum atomic E-state index is 0.612. The van der Waals surface area contributed by atoms with Gasteiger partial charge >= 0.3 is 0 Å². The molecule has 3 fully saturated rings. The Morgan fingerprint density at radius 1 is 1.13 bits per heavy atom. The molecule has 0 atom stereocenters. The maximum absolute atomic E-state index is 4.58. The molecule has 0 aromatic carbocycles. The summed E-state index contributed by atoms with van der Waals surface area (Å²) in [4.78, 5) is 2.81. The molecule has 0 aromatic rings. The van der Waals surface area contributed by atoms with E-state index in [2.05, 4.69) is 17.5 Å². The molecule has 0 radical (unpaired) electrons. The van der Waals surface area contributed by atoms with Crippen LogP contribution in [0.15, 0.2) is 0 Å². The molecule has 3 rings (SSSR count). The Morgan fingerprint density at radius 2 is 1.87 bits per heavy atom. The fraction of sp³-hybridized carbons (Fsp3) is 1.00. The molecule has 0 amide bonds. The first-order valence-electron chi connectivity index (χ1n) is 6.66. The second-order valence-corrected chi connectivity index (χ2v) is 6.43. The standard InChI is InChI=1S/C13H23NS/c15-10-13(6-1-7-13)9-14(12-4-5-12)8-11-2-3-11/h11-12,15H,1-10H2. The third kappa shape index (κ3) is 2.36. The third-order valence-corrected chi connectivity index (χ3v) is 5.21. The predicted octanol–water partition coefficient (Wildman–Crippen LogP) is 2.96. The van der Waals surface area contributed by atoms with E-state index in [1.807, 2.05) is 0 Å². The summed E-state index contributed by atoms with van der Waals surface area (Å²) >= 11 is 4.58. The van der Waals surface area contributed by atoms with Crippen LogP contribution >= 0.6 is 12.6 Å². The molecule has 0 saturated heterocycles. The maximum atomic E-state index is 4.58. The summed E-state index contributed by atoms with van der Waals surface area (Å²) in [6.07, 6.45) is 10.2. The van der Waals surface area contributed by atoms with Crippen LogP contribution in [0, 0.1) is 11.3 Å². The lowest BCUT2D eigenvalue weighted by Crippen LogP contribution is -2.45. The van der Waals surface area contributed by atoms with Crippen LogP contribution in [0.4, 0.5) is 0 Å². The molecular formula is C13H23NS. The van der Waals surface area contributed by atoms with Crippen LogP contribution in [0.2, 0.25) is 0 Å². The Hall–Kier alpha value is 0.310. The quantitative estimate of drug-likeness (QED) is 0.680. The van der Waals surface area contributed by atoms with Crippen molar-refractivity contribution < 1.29 is 0 Å². The molecule has 0 N–H and O–H groups in total. The monoisotopic (exact) mass is 225 g/mol. The molecule has 3 saturated carbocycles. The number of hydrogen-bond donors (Lipinski definition) is 1. The summed E-state index contributed by atoms with van der Waals surface area (Å²) in [6.45, 7) is 2.76. The van der Waals surface area contributed by atoms with Crippen LogP contribution in [0.3, 0.4) is 0 Å². The van der Waals surface area contributed by atoms with Gasteiger partial charge in [-0.3, -0.25) is 4.90 Å². The van der Waals surface area contributed by atoms with E-state index in [1.54, 1.807) is 0 Å². The van der Waals surface area contributed by atoms with Crippen molar-refractivity contribution in [2.75, 3.05) is 18.8 Å². The highest BCUT2D eigenvalue weighted by Gasteiger charge is 2.42. The van der Waals surface area contributed by atoms with Crippen molar-refractivity contribution in [3.05, 3.63) is 0 Å². The Kier molecular flexibility index (Phi) is 2.76. The highest BCUT2D eigenvalue weighted by Crippen LogP contribution is 2.45. The van der Waals surface area contributed by atoms with Gasteiger partial charge in [-0.2, -0.15) is 12.6 Å². The van der Waals surface area contributed by atoms with Crippen LogP contribution < -0.4 is 0 Å². The summed E-state index contributed by atoms with van der Waals surface area (Å²) in [7, 11) is 0. The largest absolute Gasteiger partial charge is 0.300 e. The lowest BCUT2D eigenvalue weighted by atomic mass is 9.70. The fourth-order valence-electron chi connectivity index (χ4n) is 2.89. The van der Waals surface area contributed by atoms with Crippen molar-refractivity contribution >= 4 is 12.6 Å². The van der Waals surface area contributed by atoms with Gasteiger partial charge in [-0.15, -0.1) is 0 Å². The predicted molar refractivity (Wildman–Crippen MR) is 67.5 cm³/mol. The molecule has 0 aliphatic heterocycles. The highest BCUT2D eigenvalue weighted by atomic mass is 32.1. The first-order chi connectivity index (χ1) is 7.31. The van der Waals surface area contributed by atoms with E-state index in [1.165, 1.54) is 58.0 Å². The minimum Gasteiger partial charge on any atom is -0.300 e. The average Bonchev–Trinajstić information content (AvgIpc) is 2.99. The number of hydrogen-bond acceptors (Lipinski definition) is 2. The highest BCUT2D eigenvalue weighted by molar-refractivity contribution is 7.80. The van der Waals surface area contributed by atoms with E-state index in [9.17, 15) is 0 Å². The number of thiol groups is 1. The zero-order chi connectivity index (χ0) is 10.3. The van der Waals surface area contributed by atoms with Gasteiger partial charge in [0.15, 0.2) is 0 Å². The zero-order valence-corrected chi connectivity index (χ0v) is 10.5. The van der Waals surface area contributed by atoms with Crippen LogP contribution in [-0.2, 0) is 0 Å². The summed E-state index contributed by atoms with van der Waals surface area (Å²) in [5.74, 6) is 2.17. The molecule has 3 aliphatic rings. The number of rotatable bonds is 6. The molecular weight excluding hydrogens is 202 g/mol. The molecule has 86 valence electrons. The van der Waals surface area contributed by atoms with Crippen molar-refractivity contribution in [1.82, 2.24) is 4.90 Å². The van der Waals surface area contributed by atoms with Gasteiger partial charge < -0.3 is 0 Å². The van der Waals surface area contributed by atoms with Crippen molar-refractivity contribution in [2.24, 2.45) is 11.3 Å². The van der Waals surface area contributed by atoms with Gasteiger partial charge in [-0.25, -0.2) is 0 Å². The van der Waals surface area contributed by atoms with E-state index in [4.69, 9.17) is 0 Å². The third-order valence-electron chi connectivity index (χ3n) is 4.54. The van der Waals surface area contributed by atoms with Gasteiger partial charge in [0.1, 0.15) is 0 Å². The van der Waals surface area contributed by atoms with Gasteiger partial charge in [0, 0.05) is 19.1 Å². The Labute approximate surface area is 99.0 Å². The van der Waals surface area contributed by atoms with E-state index in [0.29, 0.717) is 5.41 Å². The molecule has 1 nitrogen and oxygen atoms in total. The van der Waals surface area contributed by atoms with Crippen LogP contribution in [0.5, 0.6) is 0 Å². The molecule has 15 heavy (non-hydrogen) atoms. The molecule has 0 bridgehead atoms. The normalized spacial score (nSPS) is 29.2. The topological polar surface area (TPSA) is 3.24 Å². The van der Waals surface area contributed by atoms with Crippen molar-refractivity contribution in [1.29, 1.82) is 0 Å². The summed E-state index contributed by atoms with van der Waals surface area (Å²) in [5.41, 5.74) is 0.612. The molecule has 3 aliphatic carbocycles. The van der Waals surface area contributed by atoms with E-state index < -0.39 is 0 Å². The summed E-state index contributed by atoms with van der Waals surface area (Å²) < 4.78 is 0. The summed E-state index contributed by atoms with van der Waals surface area (Å²) in [5, 5.41) is 0. The Morgan fingerprint density at radius 3 is 2.27 bits per heavy atom. The van der Waals surface area contributed by atoms with Crippen LogP contribution in [0.1, 0.15) is 44.9 Å². The second kappa shape index (κ2) is 3.96. The van der Waals surface area contributed by atoms with Gasteiger partial charge in [0.2, 0.25) is 0 Å². The Balaban J connectivity index is 1.56. The molecule has 0 aromatic heterocycles.